The molecule has 3 aliphatic rings. The molecular formula is C39H42BrN3O5S. The molecule has 6 rings (SSSR count). The van der Waals surface area contributed by atoms with Crippen LogP contribution in [0.5, 0.6) is 5.75 Å². The van der Waals surface area contributed by atoms with E-state index in [1.165, 1.54) is 0 Å². The molecule has 2 bridgehead atoms. The minimum absolute atomic E-state index is 0.0939. The van der Waals surface area contributed by atoms with E-state index in [9.17, 15) is 9.90 Å². The molecule has 1 spiro atoms. The number of carbonyl (C=O) groups is 3. The van der Waals surface area contributed by atoms with Gasteiger partial charge in [0.1, 0.15) is 11.8 Å². The van der Waals surface area contributed by atoms with Crippen molar-refractivity contribution in [3.8, 4) is 5.75 Å². The first-order valence-electron chi connectivity index (χ1n) is 16.6. The van der Waals surface area contributed by atoms with Gasteiger partial charge in [0.15, 0.2) is 0 Å². The van der Waals surface area contributed by atoms with Crippen LogP contribution in [0.15, 0.2) is 110 Å². The SMILES string of the molecule is C=CCN(Cc1ccccc1)C(=O)[C@H]1[C@H]2C(=O)N([C@@H](CO)Cc3ccccc3)C(C(=O)N(CC=C)c3ccc(OC)cc3)C23CC(Br)[C@@H]1S3. The number of fused-ring (bicyclic) bond motifs is 1. The lowest BCUT2D eigenvalue weighted by molar-refractivity contribution is -0.145. The van der Waals surface area contributed by atoms with E-state index >= 15 is 9.59 Å². The van der Waals surface area contributed by atoms with Crippen LogP contribution in [-0.2, 0) is 27.3 Å². The van der Waals surface area contributed by atoms with Crippen molar-refractivity contribution in [1.29, 1.82) is 0 Å². The monoisotopic (exact) mass is 743 g/mol. The molecule has 7 atom stereocenters. The average Bonchev–Trinajstić information content (AvgIpc) is 3.73. The maximum absolute atomic E-state index is 15.1. The lowest BCUT2D eigenvalue weighted by atomic mass is 9.70. The van der Waals surface area contributed by atoms with Crippen molar-refractivity contribution < 1.29 is 24.2 Å². The minimum Gasteiger partial charge on any atom is -0.497 e. The van der Waals surface area contributed by atoms with Gasteiger partial charge in [-0.05, 0) is 48.2 Å². The molecule has 1 N–H and O–H groups in total. The van der Waals surface area contributed by atoms with Crippen molar-refractivity contribution in [2.45, 2.75) is 46.3 Å². The smallest absolute Gasteiger partial charge is 0.251 e. The Morgan fingerprint density at radius 3 is 2.22 bits per heavy atom. The summed E-state index contributed by atoms with van der Waals surface area (Å²) in [6.45, 7) is 8.43. The van der Waals surface area contributed by atoms with Gasteiger partial charge in [-0.25, -0.2) is 0 Å². The van der Waals surface area contributed by atoms with Gasteiger partial charge in [0.2, 0.25) is 11.8 Å². The summed E-state index contributed by atoms with van der Waals surface area (Å²) < 4.78 is 4.47. The van der Waals surface area contributed by atoms with Crippen molar-refractivity contribution in [2.75, 3.05) is 31.7 Å². The molecule has 3 fully saturated rings. The van der Waals surface area contributed by atoms with Gasteiger partial charge >= 0.3 is 0 Å². The second-order valence-corrected chi connectivity index (χ2v) is 15.6. The maximum atomic E-state index is 15.1. The van der Waals surface area contributed by atoms with Crippen LogP contribution in [-0.4, -0.2) is 86.3 Å². The van der Waals surface area contributed by atoms with Crippen LogP contribution in [0.2, 0.25) is 0 Å². The van der Waals surface area contributed by atoms with Crippen LogP contribution in [0.25, 0.3) is 0 Å². The number of carbonyl (C=O) groups excluding carboxylic acids is 3. The molecule has 0 saturated carbocycles. The van der Waals surface area contributed by atoms with E-state index in [0.717, 1.165) is 11.1 Å². The summed E-state index contributed by atoms with van der Waals surface area (Å²) in [7, 11) is 1.59. The van der Waals surface area contributed by atoms with Gasteiger partial charge in [-0.15, -0.1) is 24.9 Å². The number of anilines is 1. The van der Waals surface area contributed by atoms with Gasteiger partial charge in [-0.1, -0.05) is 88.7 Å². The molecule has 0 aliphatic carbocycles. The number of aliphatic hydroxyl groups is 1. The number of halogens is 1. The molecule has 3 heterocycles. The number of hydrogen-bond acceptors (Lipinski definition) is 6. The largest absolute Gasteiger partial charge is 0.497 e. The van der Waals surface area contributed by atoms with E-state index in [-0.39, 0.29) is 41.0 Å². The van der Waals surface area contributed by atoms with Gasteiger partial charge in [0.25, 0.3) is 5.91 Å². The average molecular weight is 745 g/mol. The summed E-state index contributed by atoms with van der Waals surface area (Å²) in [6.07, 6.45) is 4.27. The summed E-state index contributed by atoms with van der Waals surface area (Å²) in [5.74, 6) is -1.40. The first-order valence-corrected chi connectivity index (χ1v) is 18.4. The van der Waals surface area contributed by atoms with Crippen LogP contribution in [0.4, 0.5) is 5.69 Å². The highest BCUT2D eigenvalue weighted by Gasteiger charge is 2.76. The van der Waals surface area contributed by atoms with Gasteiger partial charge < -0.3 is 24.5 Å². The Hall–Kier alpha value is -3.86. The summed E-state index contributed by atoms with van der Waals surface area (Å²) in [5, 5.41) is 10.7. The summed E-state index contributed by atoms with van der Waals surface area (Å²) in [5.41, 5.74) is 2.56. The predicted molar refractivity (Wildman–Crippen MR) is 198 cm³/mol. The lowest BCUT2D eigenvalue weighted by Crippen LogP contribution is -2.58. The Kier molecular flexibility index (Phi) is 10.7. The zero-order chi connectivity index (χ0) is 34.7. The number of amides is 3. The van der Waals surface area contributed by atoms with Gasteiger partial charge in [-0.2, -0.15) is 0 Å². The zero-order valence-electron chi connectivity index (χ0n) is 27.6. The van der Waals surface area contributed by atoms with E-state index in [0.29, 0.717) is 37.4 Å². The third-order valence-electron chi connectivity index (χ3n) is 10.0. The number of rotatable bonds is 14. The van der Waals surface area contributed by atoms with Crippen molar-refractivity contribution >= 4 is 51.1 Å². The van der Waals surface area contributed by atoms with E-state index in [1.807, 2.05) is 72.8 Å². The molecule has 0 aromatic heterocycles. The molecule has 256 valence electrons. The number of methoxy groups -OCH3 is 1. The lowest BCUT2D eigenvalue weighted by Gasteiger charge is -2.40. The molecule has 3 aliphatic heterocycles. The molecular weight excluding hydrogens is 702 g/mol. The highest BCUT2D eigenvalue weighted by molar-refractivity contribution is 9.09. The zero-order valence-corrected chi connectivity index (χ0v) is 30.0. The van der Waals surface area contributed by atoms with Crippen LogP contribution < -0.4 is 9.64 Å². The normalized spacial score (nSPS) is 25.8. The Morgan fingerprint density at radius 2 is 1.63 bits per heavy atom. The number of alkyl halides is 1. The van der Waals surface area contributed by atoms with Crippen molar-refractivity contribution in [2.24, 2.45) is 11.8 Å². The van der Waals surface area contributed by atoms with E-state index in [2.05, 4.69) is 29.1 Å². The standard InChI is InChI=1S/C39H42BrN3O5S/c1-4-20-41(24-27-14-10-7-11-15-27)36(45)32-33-37(46)43(29(25-44)22-26-12-8-6-9-13-26)35(39(33)23-31(40)34(32)49-39)38(47)42(21-5-2)28-16-18-30(48-3)19-17-28/h4-19,29,31-35,44H,1-2,20-25H2,3H3/t29-,31?,32+,33+,34+,35?,39?/m1/s1. The van der Waals surface area contributed by atoms with Crippen LogP contribution in [0, 0.1) is 11.8 Å². The molecule has 3 saturated heterocycles. The fourth-order valence-corrected chi connectivity index (χ4v) is 11.5. The second-order valence-electron chi connectivity index (χ2n) is 12.9. The number of nitrogens with zero attached hydrogens (tertiary/aromatic N) is 3. The molecule has 3 aromatic rings. The summed E-state index contributed by atoms with van der Waals surface area (Å²) in [4.78, 5) is 49.8. The fraction of sp³-hybridized carbons (Fsp3) is 0.359. The van der Waals surface area contributed by atoms with Gasteiger partial charge in [0, 0.05) is 35.4 Å². The van der Waals surface area contributed by atoms with Crippen molar-refractivity contribution in [3.05, 3.63) is 121 Å². The molecule has 0 radical (unpaired) electrons. The molecule has 49 heavy (non-hydrogen) atoms. The fourth-order valence-electron chi connectivity index (χ4n) is 7.92. The topological polar surface area (TPSA) is 90.4 Å². The quantitative estimate of drug-likeness (QED) is 0.174. The minimum atomic E-state index is -0.928. The molecule has 3 unspecified atom stereocenters. The van der Waals surface area contributed by atoms with Crippen molar-refractivity contribution in [1.82, 2.24) is 9.80 Å². The van der Waals surface area contributed by atoms with E-state index < -0.39 is 28.7 Å². The first-order chi connectivity index (χ1) is 23.8. The van der Waals surface area contributed by atoms with Crippen LogP contribution in [0.3, 0.4) is 0 Å². The number of benzene rings is 3. The Morgan fingerprint density at radius 1 is 1.00 bits per heavy atom. The third-order valence-corrected chi connectivity index (χ3v) is 13.2. The van der Waals surface area contributed by atoms with Gasteiger partial charge in [0.05, 0.1) is 36.3 Å². The summed E-state index contributed by atoms with van der Waals surface area (Å²) in [6, 6.07) is 25.1. The maximum Gasteiger partial charge on any atom is 0.251 e. The Bertz CT molecular complexity index is 1670. The molecule has 8 nitrogen and oxygen atoms in total. The van der Waals surface area contributed by atoms with Crippen LogP contribution in [0.1, 0.15) is 17.5 Å². The molecule has 3 aromatic carbocycles. The Labute approximate surface area is 300 Å². The van der Waals surface area contributed by atoms with E-state index in [1.54, 1.807) is 57.9 Å². The Balaban J connectivity index is 1.44. The van der Waals surface area contributed by atoms with Crippen molar-refractivity contribution in [3.63, 3.8) is 0 Å². The third kappa shape index (κ3) is 6.46. The van der Waals surface area contributed by atoms with Crippen LogP contribution >= 0.6 is 27.7 Å². The van der Waals surface area contributed by atoms with E-state index in [4.69, 9.17) is 4.74 Å². The molecule has 10 heteroatoms. The number of aliphatic hydroxyl groups excluding tert-OH is 1. The molecule has 3 amide bonds. The highest BCUT2D eigenvalue weighted by Crippen LogP contribution is 2.68. The van der Waals surface area contributed by atoms with Gasteiger partial charge in [-0.3, -0.25) is 14.4 Å². The predicted octanol–water partition coefficient (Wildman–Crippen LogP) is 5.50. The number of ether oxygens (including phenoxy) is 1. The highest BCUT2D eigenvalue weighted by atomic mass is 79.9. The summed E-state index contributed by atoms with van der Waals surface area (Å²) >= 11 is 5.49. The first kappa shape index (κ1) is 35.0. The number of likely N-dealkylation sites (tertiary alicyclic amines) is 1. The number of thioether (sulfide) groups is 1. The second kappa shape index (κ2) is 14.9. The number of hydrogen-bond donors (Lipinski definition) is 1.